The fraction of sp³-hybridized carbons (Fsp3) is 0.143. The number of nitrogens with one attached hydrogen (secondary N) is 1. The Morgan fingerprint density at radius 1 is 1.07 bits per heavy atom. The highest BCUT2D eigenvalue weighted by Crippen LogP contribution is 2.36. The first-order valence-electron chi connectivity index (χ1n) is 8.93. The quantitative estimate of drug-likeness (QED) is 0.551. The SMILES string of the molecule is Cc1cc(=O)c(O)c(-c2[nH]c(-c3cnc(N(C)C)nc3)nc2-c2ccccc2)o1. The van der Waals surface area contributed by atoms with Crippen molar-refractivity contribution < 1.29 is 9.52 Å². The fourth-order valence-corrected chi connectivity index (χ4v) is 2.93. The Bertz CT molecular complexity index is 1210. The van der Waals surface area contributed by atoms with Gasteiger partial charge in [0.25, 0.3) is 0 Å². The first-order valence-corrected chi connectivity index (χ1v) is 8.93. The average molecular weight is 389 g/mol. The number of nitrogens with zero attached hydrogens (tertiary/aromatic N) is 4. The lowest BCUT2D eigenvalue weighted by molar-refractivity contribution is 0.429. The van der Waals surface area contributed by atoms with Crippen LogP contribution in [0.5, 0.6) is 5.75 Å². The number of imidazole rings is 1. The fourth-order valence-electron chi connectivity index (χ4n) is 2.93. The summed E-state index contributed by atoms with van der Waals surface area (Å²) in [5.41, 5.74) is 1.90. The zero-order chi connectivity index (χ0) is 20.5. The first kappa shape index (κ1) is 18.4. The second-order valence-electron chi connectivity index (χ2n) is 6.74. The van der Waals surface area contributed by atoms with Crippen molar-refractivity contribution in [3.8, 4) is 39.8 Å². The van der Waals surface area contributed by atoms with Crippen LogP contribution >= 0.6 is 0 Å². The van der Waals surface area contributed by atoms with Gasteiger partial charge in [-0.1, -0.05) is 30.3 Å². The van der Waals surface area contributed by atoms with E-state index in [1.807, 2.05) is 44.4 Å². The number of H-pyrrole nitrogens is 1. The number of benzene rings is 1. The molecule has 146 valence electrons. The Morgan fingerprint density at radius 3 is 2.41 bits per heavy atom. The van der Waals surface area contributed by atoms with Crippen LogP contribution in [-0.2, 0) is 0 Å². The molecule has 8 heteroatoms. The molecule has 0 amide bonds. The van der Waals surface area contributed by atoms with Crippen LogP contribution in [0.15, 0.2) is 58.0 Å². The monoisotopic (exact) mass is 389 g/mol. The third kappa shape index (κ3) is 3.47. The van der Waals surface area contributed by atoms with E-state index in [0.717, 1.165) is 5.56 Å². The van der Waals surface area contributed by atoms with Crippen molar-refractivity contribution in [3.63, 3.8) is 0 Å². The van der Waals surface area contributed by atoms with Crippen LogP contribution in [0.4, 0.5) is 5.95 Å². The Morgan fingerprint density at radius 2 is 1.76 bits per heavy atom. The molecule has 0 aliphatic rings. The van der Waals surface area contributed by atoms with Gasteiger partial charge in [-0.15, -0.1) is 0 Å². The maximum absolute atomic E-state index is 12.1. The van der Waals surface area contributed by atoms with E-state index in [4.69, 9.17) is 4.42 Å². The number of aromatic amines is 1. The van der Waals surface area contributed by atoms with E-state index in [0.29, 0.717) is 34.5 Å². The van der Waals surface area contributed by atoms with Crippen LogP contribution in [0.2, 0.25) is 0 Å². The number of hydrogen-bond acceptors (Lipinski definition) is 7. The number of aromatic nitrogens is 4. The second-order valence-corrected chi connectivity index (χ2v) is 6.74. The highest BCUT2D eigenvalue weighted by molar-refractivity contribution is 5.81. The number of anilines is 1. The summed E-state index contributed by atoms with van der Waals surface area (Å²) >= 11 is 0. The molecule has 0 saturated heterocycles. The zero-order valence-electron chi connectivity index (χ0n) is 16.2. The Labute approximate surface area is 166 Å². The third-order valence-corrected chi connectivity index (χ3v) is 4.34. The normalized spacial score (nSPS) is 10.9. The van der Waals surface area contributed by atoms with Gasteiger partial charge < -0.3 is 19.4 Å². The number of hydrogen-bond donors (Lipinski definition) is 2. The summed E-state index contributed by atoms with van der Waals surface area (Å²) in [4.78, 5) is 30.4. The summed E-state index contributed by atoms with van der Waals surface area (Å²) in [5.74, 6) is 1.02. The van der Waals surface area contributed by atoms with Gasteiger partial charge in [-0.3, -0.25) is 4.79 Å². The van der Waals surface area contributed by atoms with Gasteiger partial charge in [-0.2, -0.15) is 0 Å². The first-order chi connectivity index (χ1) is 13.9. The van der Waals surface area contributed by atoms with E-state index in [1.165, 1.54) is 6.07 Å². The van der Waals surface area contributed by atoms with E-state index < -0.39 is 11.2 Å². The van der Waals surface area contributed by atoms with Crippen LogP contribution in [0.25, 0.3) is 34.1 Å². The molecule has 0 radical (unpaired) electrons. The van der Waals surface area contributed by atoms with Crippen LogP contribution < -0.4 is 10.3 Å². The van der Waals surface area contributed by atoms with Gasteiger partial charge in [0.2, 0.25) is 17.1 Å². The van der Waals surface area contributed by atoms with Crippen molar-refractivity contribution in [2.75, 3.05) is 19.0 Å². The van der Waals surface area contributed by atoms with Crippen molar-refractivity contribution in [3.05, 3.63) is 64.8 Å². The Balaban J connectivity index is 1.92. The number of rotatable bonds is 4. The van der Waals surface area contributed by atoms with Gasteiger partial charge in [0.15, 0.2) is 5.76 Å². The molecule has 0 unspecified atom stereocenters. The Hall–Kier alpha value is -3.94. The summed E-state index contributed by atoms with van der Waals surface area (Å²) < 4.78 is 5.68. The lowest BCUT2D eigenvalue weighted by atomic mass is 10.1. The van der Waals surface area contributed by atoms with Gasteiger partial charge in [0.05, 0.1) is 5.56 Å². The van der Waals surface area contributed by atoms with Gasteiger partial charge in [-0.25, -0.2) is 15.0 Å². The number of aromatic hydroxyl groups is 1. The molecular weight excluding hydrogens is 370 g/mol. The van der Waals surface area contributed by atoms with Crippen molar-refractivity contribution in [1.82, 2.24) is 19.9 Å². The van der Waals surface area contributed by atoms with Gasteiger partial charge in [0.1, 0.15) is 23.0 Å². The lowest BCUT2D eigenvalue weighted by Gasteiger charge is -2.08. The van der Waals surface area contributed by atoms with Gasteiger partial charge in [-0.05, 0) is 6.92 Å². The van der Waals surface area contributed by atoms with Gasteiger partial charge in [0, 0.05) is 38.1 Å². The molecule has 0 aliphatic heterocycles. The highest BCUT2D eigenvalue weighted by Gasteiger charge is 2.22. The third-order valence-electron chi connectivity index (χ3n) is 4.34. The minimum absolute atomic E-state index is 0.0402. The van der Waals surface area contributed by atoms with E-state index >= 15 is 0 Å². The predicted molar refractivity (Wildman–Crippen MR) is 110 cm³/mol. The van der Waals surface area contributed by atoms with E-state index in [1.54, 1.807) is 24.2 Å². The van der Waals surface area contributed by atoms with E-state index in [2.05, 4.69) is 19.9 Å². The molecule has 2 N–H and O–H groups in total. The molecule has 0 spiro atoms. The predicted octanol–water partition coefficient (Wildman–Crippen LogP) is 3.23. The topological polar surface area (TPSA) is 108 Å². The molecule has 0 aliphatic carbocycles. The minimum atomic E-state index is -0.516. The molecule has 8 nitrogen and oxygen atoms in total. The molecule has 4 aromatic rings. The zero-order valence-corrected chi connectivity index (χ0v) is 16.2. The number of aryl methyl sites for hydroxylation is 1. The molecule has 1 aromatic carbocycles. The molecule has 0 fully saturated rings. The van der Waals surface area contributed by atoms with Crippen LogP contribution in [0.3, 0.4) is 0 Å². The lowest BCUT2D eigenvalue weighted by Crippen LogP contribution is -2.12. The summed E-state index contributed by atoms with van der Waals surface area (Å²) in [5, 5.41) is 10.3. The second kappa shape index (κ2) is 7.23. The summed E-state index contributed by atoms with van der Waals surface area (Å²) in [6.07, 6.45) is 3.32. The largest absolute Gasteiger partial charge is 0.501 e. The minimum Gasteiger partial charge on any atom is -0.501 e. The summed E-state index contributed by atoms with van der Waals surface area (Å²) in [6, 6.07) is 10.7. The van der Waals surface area contributed by atoms with Crippen molar-refractivity contribution in [1.29, 1.82) is 0 Å². The Kier molecular flexibility index (Phi) is 4.59. The molecule has 3 heterocycles. The van der Waals surface area contributed by atoms with Gasteiger partial charge >= 0.3 is 0 Å². The van der Waals surface area contributed by atoms with E-state index in [-0.39, 0.29) is 5.76 Å². The molecule has 0 saturated carbocycles. The molecule has 0 bridgehead atoms. The maximum atomic E-state index is 12.1. The molecule has 0 atom stereocenters. The summed E-state index contributed by atoms with van der Waals surface area (Å²) in [6.45, 7) is 1.65. The molecular formula is C21H19N5O3. The summed E-state index contributed by atoms with van der Waals surface area (Å²) in [7, 11) is 3.71. The van der Waals surface area contributed by atoms with Crippen LogP contribution in [0.1, 0.15) is 5.76 Å². The standard InChI is InChI=1S/C21H19N5O3/c1-12-9-15(27)18(28)19(29-12)17-16(13-7-5-4-6-8-13)24-20(25-17)14-10-22-21(23-11-14)26(2)3/h4-11,28H,1-3H3,(H,24,25). The van der Waals surface area contributed by atoms with Crippen molar-refractivity contribution in [2.45, 2.75) is 6.92 Å². The van der Waals surface area contributed by atoms with Crippen LogP contribution in [0, 0.1) is 6.92 Å². The maximum Gasteiger partial charge on any atom is 0.227 e. The van der Waals surface area contributed by atoms with Crippen molar-refractivity contribution >= 4 is 5.95 Å². The average Bonchev–Trinajstić information content (AvgIpc) is 3.16. The van der Waals surface area contributed by atoms with Crippen molar-refractivity contribution in [2.24, 2.45) is 0 Å². The van der Waals surface area contributed by atoms with Crippen LogP contribution in [-0.4, -0.2) is 39.1 Å². The molecule has 4 rings (SSSR count). The van der Waals surface area contributed by atoms with E-state index in [9.17, 15) is 9.90 Å². The highest BCUT2D eigenvalue weighted by atomic mass is 16.4. The smallest absolute Gasteiger partial charge is 0.227 e. The molecule has 29 heavy (non-hydrogen) atoms. The molecule has 3 aromatic heterocycles.